The van der Waals surface area contributed by atoms with E-state index < -0.39 is 47.9 Å². The minimum atomic E-state index is -1.21. The van der Waals surface area contributed by atoms with Crippen LogP contribution in [-0.4, -0.2) is 62.9 Å². The van der Waals surface area contributed by atoms with Crippen molar-refractivity contribution in [2.75, 3.05) is 0 Å². The van der Waals surface area contributed by atoms with E-state index in [0.717, 1.165) is 0 Å². The third-order valence-electron chi connectivity index (χ3n) is 5.70. The van der Waals surface area contributed by atoms with Crippen molar-refractivity contribution in [1.82, 2.24) is 25.9 Å². The first-order valence-electron chi connectivity index (χ1n) is 10.9. The van der Waals surface area contributed by atoms with Crippen molar-refractivity contribution in [3.8, 4) is 0 Å². The van der Waals surface area contributed by atoms with Gasteiger partial charge in [0.1, 0.15) is 18.1 Å². The summed E-state index contributed by atoms with van der Waals surface area (Å²) < 4.78 is 0. The SMILES string of the molecule is CCC(C)C(N)C(=O)NC(C)C(=O)NC(C(=O)NC(Cc1cnc[nH]1)C(=O)O)C(C)CC. The van der Waals surface area contributed by atoms with Crippen LogP contribution in [0.4, 0.5) is 0 Å². The maximum absolute atomic E-state index is 12.9. The summed E-state index contributed by atoms with van der Waals surface area (Å²) in [6.07, 6.45) is 4.19. The van der Waals surface area contributed by atoms with Gasteiger partial charge in [0.05, 0.1) is 12.4 Å². The van der Waals surface area contributed by atoms with Crippen molar-refractivity contribution in [3.05, 3.63) is 18.2 Å². The molecule has 0 aliphatic heterocycles. The number of nitrogens with one attached hydrogen (secondary N) is 4. The molecule has 0 aliphatic rings. The van der Waals surface area contributed by atoms with Crippen LogP contribution >= 0.6 is 0 Å². The molecular weight excluding hydrogens is 416 g/mol. The highest BCUT2D eigenvalue weighted by molar-refractivity contribution is 5.94. The lowest BCUT2D eigenvalue weighted by atomic mass is 9.97. The number of aromatic nitrogens is 2. The molecule has 1 aromatic rings. The molecule has 11 heteroatoms. The Morgan fingerprint density at radius 2 is 1.62 bits per heavy atom. The Morgan fingerprint density at radius 1 is 1.00 bits per heavy atom. The van der Waals surface area contributed by atoms with E-state index in [0.29, 0.717) is 18.5 Å². The van der Waals surface area contributed by atoms with Gasteiger partial charge >= 0.3 is 5.97 Å². The van der Waals surface area contributed by atoms with Gasteiger partial charge in [-0.1, -0.05) is 40.5 Å². The van der Waals surface area contributed by atoms with Crippen LogP contribution in [0.5, 0.6) is 0 Å². The first kappa shape index (κ1) is 27.1. The van der Waals surface area contributed by atoms with Crippen molar-refractivity contribution in [2.45, 2.75) is 78.0 Å². The number of carboxylic acid groups (broad SMARTS) is 1. The van der Waals surface area contributed by atoms with Gasteiger partial charge in [-0.3, -0.25) is 14.4 Å². The van der Waals surface area contributed by atoms with Crippen LogP contribution in [-0.2, 0) is 25.6 Å². The van der Waals surface area contributed by atoms with Gasteiger partial charge in [-0.25, -0.2) is 9.78 Å². The minimum Gasteiger partial charge on any atom is -0.480 e. The summed E-state index contributed by atoms with van der Waals surface area (Å²) in [4.78, 5) is 56.1. The van der Waals surface area contributed by atoms with Gasteiger partial charge in [0.15, 0.2) is 0 Å². The molecule has 0 bridgehead atoms. The molecule has 0 aromatic carbocycles. The van der Waals surface area contributed by atoms with E-state index >= 15 is 0 Å². The Balaban J connectivity index is 2.83. The molecule has 180 valence electrons. The van der Waals surface area contributed by atoms with E-state index in [1.54, 1.807) is 6.92 Å². The molecule has 7 N–H and O–H groups in total. The second-order valence-electron chi connectivity index (χ2n) is 8.19. The van der Waals surface area contributed by atoms with Gasteiger partial charge in [-0.2, -0.15) is 0 Å². The number of carboxylic acids is 1. The highest BCUT2D eigenvalue weighted by atomic mass is 16.4. The molecule has 0 spiro atoms. The van der Waals surface area contributed by atoms with Crippen LogP contribution in [0.3, 0.4) is 0 Å². The maximum Gasteiger partial charge on any atom is 0.326 e. The van der Waals surface area contributed by atoms with Gasteiger partial charge < -0.3 is 31.8 Å². The molecule has 0 saturated carbocycles. The number of hydrogen-bond acceptors (Lipinski definition) is 6. The number of rotatable bonds is 13. The van der Waals surface area contributed by atoms with Gasteiger partial charge in [0.2, 0.25) is 17.7 Å². The van der Waals surface area contributed by atoms with E-state index in [-0.39, 0.29) is 18.3 Å². The predicted octanol–water partition coefficient (Wildman–Crippen LogP) is -0.0694. The van der Waals surface area contributed by atoms with E-state index in [4.69, 9.17) is 5.73 Å². The summed E-state index contributed by atoms with van der Waals surface area (Å²) in [5.74, 6) is -3.15. The summed E-state index contributed by atoms with van der Waals surface area (Å²) >= 11 is 0. The number of carbonyl (C=O) groups excluding carboxylic acids is 3. The quantitative estimate of drug-likeness (QED) is 0.242. The van der Waals surface area contributed by atoms with Crippen LogP contribution in [0, 0.1) is 11.8 Å². The van der Waals surface area contributed by atoms with Crippen LogP contribution in [0.25, 0.3) is 0 Å². The van der Waals surface area contributed by atoms with E-state index in [2.05, 4.69) is 25.9 Å². The van der Waals surface area contributed by atoms with E-state index in [1.807, 2.05) is 20.8 Å². The summed E-state index contributed by atoms with van der Waals surface area (Å²) in [5.41, 5.74) is 6.46. The number of carbonyl (C=O) groups is 4. The number of aromatic amines is 1. The van der Waals surface area contributed by atoms with E-state index in [9.17, 15) is 24.3 Å². The second-order valence-corrected chi connectivity index (χ2v) is 8.19. The number of aliphatic carboxylic acids is 1. The number of nitrogens with zero attached hydrogens (tertiary/aromatic N) is 1. The topological polar surface area (TPSA) is 179 Å². The van der Waals surface area contributed by atoms with Crippen molar-refractivity contribution < 1.29 is 24.3 Å². The van der Waals surface area contributed by atoms with Crippen LogP contribution < -0.4 is 21.7 Å². The lowest BCUT2D eigenvalue weighted by Crippen LogP contribution is -2.58. The van der Waals surface area contributed by atoms with Crippen LogP contribution in [0.2, 0.25) is 0 Å². The van der Waals surface area contributed by atoms with Crippen molar-refractivity contribution in [1.29, 1.82) is 0 Å². The fourth-order valence-corrected chi connectivity index (χ4v) is 2.95. The normalized spacial score (nSPS) is 16.7. The largest absolute Gasteiger partial charge is 0.480 e. The Hall–Kier alpha value is -2.95. The maximum atomic E-state index is 12.9. The summed E-state index contributed by atoms with van der Waals surface area (Å²) in [6.45, 7) is 8.89. The zero-order valence-electron chi connectivity index (χ0n) is 19.3. The van der Waals surface area contributed by atoms with E-state index in [1.165, 1.54) is 19.4 Å². The summed E-state index contributed by atoms with van der Waals surface area (Å²) in [7, 11) is 0. The first-order valence-corrected chi connectivity index (χ1v) is 10.9. The lowest BCUT2D eigenvalue weighted by Gasteiger charge is -2.27. The highest BCUT2D eigenvalue weighted by Gasteiger charge is 2.32. The Kier molecular flexibility index (Phi) is 10.8. The summed E-state index contributed by atoms with van der Waals surface area (Å²) in [5, 5.41) is 17.2. The highest BCUT2D eigenvalue weighted by Crippen LogP contribution is 2.10. The molecule has 0 fully saturated rings. The molecule has 11 nitrogen and oxygen atoms in total. The van der Waals surface area contributed by atoms with Crippen molar-refractivity contribution in [2.24, 2.45) is 17.6 Å². The van der Waals surface area contributed by atoms with Crippen LogP contribution in [0.1, 0.15) is 53.2 Å². The molecule has 6 atom stereocenters. The number of nitrogens with two attached hydrogens (primary N) is 1. The Labute approximate surface area is 188 Å². The fourth-order valence-electron chi connectivity index (χ4n) is 2.95. The average molecular weight is 453 g/mol. The molecule has 6 unspecified atom stereocenters. The number of hydrogen-bond donors (Lipinski definition) is 6. The fraction of sp³-hybridized carbons (Fsp3) is 0.667. The standard InChI is InChI=1S/C21H36N6O5/c1-6-11(3)16(22)19(29)25-13(5)18(28)27-17(12(4)7-2)20(30)26-15(21(31)32)8-14-9-23-10-24-14/h9-13,15-17H,6-8,22H2,1-5H3,(H,23,24)(H,25,29)(H,26,30)(H,27,28)(H,31,32). The zero-order valence-corrected chi connectivity index (χ0v) is 19.3. The summed E-state index contributed by atoms with van der Waals surface area (Å²) in [6, 6.07) is -3.84. The van der Waals surface area contributed by atoms with Crippen molar-refractivity contribution in [3.63, 3.8) is 0 Å². The predicted molar refractivity (Wildman–Crippen MR) is 118 cm³/mol. The minimum absolute atomic E-state index is 0.0161. The molecule has 0 saturated heterocycles. The molecule has 1 heterocycles. The van der Waals surface area contributed by atoms with Crippen molar-refractivity contribution >= 4 is 23.7 Å². The Morgan fingerprint density at radius 3 is 2.12 bits per heavy atom. The monoisotopic (exact) mass is 452 g/mol. The van der Waals surface area contributed by atoms with Gasteiger partial charge in [0, 0.05) is 18.3 Å². The molecular formula is C21H36N6O5. The zero-order chi connectivity index (χ0) is 24.4. The lowest BCUT2D eigenvalue weighted by molar-refractivity contribution is -0.142. The molecule has 3 amide bonds. The van der Waals surface area contributed by atoms with Gasteiger partial charge in [-0.05, 0) is 18.8 Å². The molecule has 0 aliphatic carbocycles. The molecule has 1 aromatic heterocycles. The van der Waals surface area contributed by atoms with Crippen LogP contribution in [0.15, 0.2) is 12.5 Å². The third-order valence-corrected chi connectivity index (χ3v) is 5.70. The first-order chi connectivity index (χ1) is 15.0. The average Bonchev–Trinajstić information content (AvgIpc) is 3.27. The second kappa shape index (κ2) is 12.8. The number of H-pyrrole nitrogens is 1. The van der Waals surface area contributed by atoms with Gasteiger partial charge in [0.25, 0.3) is 0 Å². The Bertz CT molecular complexity index is 769. The molecule has 32 heavy (non-hydrogen) atoms. The molecule has 1 rings (SSSR count). The number of amides is 3. The third kappa shape index (κ3) is 7.95. The molecule has 0 radical (unpaired) electrons. The smallest absolute Gasteiger partial charge is 0.326 e. The number of imidazole rings is 1. The van der Waals surface area contributed by atoms with Gasteiger partial charge in [-0.15, -0.1) is 0 Å².